The number of rotatable bonds is 4. The van der Waals surface area contributed by atoms with Crippen LogP contribution in [-0.2, 0) is 11.3 Å². The van der Waals surface area contributed by atoms with Gasteiger partial charge in [0, 0.05) is 29.2 Å². The van der Waals surface area contributed by atoms with E-state index in [2.05, 4.69) is 4.98 Å². The van der Waals surface area contributed by atoms with E-state index in [1.54, 1.807) is 25.3 Å². The summed E-state index contributed by atoms with van der Waals surface area (Å²) >= 11 is 0. The zero-order valence-corrected chi connectivity index (χ0v) is 11.9. The number of ether oxygens (including phenoxy) is 2. The van der Waals surface area contributed by atoms with E-state index in [1.165, 1.54) is 12.1 Å². The van der Waals surface area contributed by atoms with E-state index in [9.17, 15) is 4.79 Å². The fourth-order valence-corrected chi connectivity index (χ4v) is 1.91. The van der Waals surface area contributed by atoms with Crippen LogP contribution >= 0.6 is 0 Å². The Morgan fingerprint density at radius 2 is 1.81 bits per heavy atom. The molecule has 1 aromatic heterocycles. The lowest BCUT2D eigenvalue weighted by Gasteiger charge is -2.08. The molecule has 0 saturated carbocycles. The summed E-state index contributed by atoms with van der Waals surface area (Å²) in [4.78, 5) is 16.2. The predicted molar refractivity (Wildman–Crippen MR) is 79.9 cm³/mol. The number of hydrogen-bond donors (Lipinski definition) is 2. The molecule has 0 aliphatic rings. The van der Waals surface area contributed by atoms with Gasteiger partial charge in [-0.2, -0.15) is 0 Å². The molecule has 0 saturated heterocycles. The normalized spacial score (nSPS) is 10.2. The van der Waals surface area contributed by atoms with Crippen molar-refractivity contribution in [2.75, 3.05) is 18.6 Å². The van der Waals surface area contributed by atoms with E-state index < -0.39 is 5.97 Å². The first-order valence-corrected chi connectivity index (χ1v) is 6.32. The third-order valence-electron chi connectivity index (χ3n) is 2.78. The number of nitrogens with two attached hydrogens (primary N) is 2. The number of carbonyl (C=O) groups is 1. The molecule has 0 amide bonds. The number of methoxy groups -OCH3 is 1. The Hall–Kier alpha value is -2.76. The van der Waals surface area contributed by atoms with Crippen LogP contribution in [0.15, 0.2) is 30.3 Å². The molecule has 0 unspecified atom stereocenters. The number of aromatic nitrogens is 1. The molecule has 0 radical (unpaired) electrons. The van der Waals surface area contributed by atoms with Crippen molar-refractivity contribution < 1.29 is 14.3 Å². The van der Waals surface area contributed by atoms with Gasteiger partial charge in [0.05, 0.1) is 18.4 Å². The van der Waals surface area contributed by atoms with Crippen LogP contribution in [0.1, 0.15) is 21.7 Å². The Labute approximate surface area is 122 Å². The molecule has 2 aromatic rings. The lowest BCUT2D eigenvalue weighted by atomic mass is 10.2. The van der Waals surface area contributed by atoms with Gasteiger partial charge in [-0.1, -0.05) is 0 Å². The zero-order chi connectivity index (χ0) is 15.4. The number of hydrogen-bond acceptors (Lipinski definition) is 6. The minimum atomic E-state index is -0.503. The van der Waals surface area contributed by atoms with Crippen molar-refractivity contribution in [1.82, 2.24) is 4.98 Å². The molecule has 0 aliphatic heterocycles. The molecule has 21 heavy (non-hydrogen) atoms. The Balaban J connectivity index is 2.08. The first-order chi connectivity index (χ1) is 9.97. The molecule has 0 atom stereocenters. The van der Waals surface area contributed by atoms with E-state index in [-0.39, 0.29) is 6.61 Å². The van der Waals surface area contributed by atoms with Crippen LogP contribution in [0, 0.1) is 6.92 Å². The standard InChI is InChI=1S/C15H17N3O3/c1-9-3-14(20-2)7-13(18-9)8-21-15(19)10-4-11(16)6-12(17)5-10/h3-7H,8,16-17H2,1-2H3. The molecular formula is C15H17N3O3. The minimum absolute atomic E-state index is 0.0472. The molecule has 4 N–H and O–H groups in total. The summed E-state index contributed by atoms with van der Waals surface area (Å²) in [5.41, 5.74) is 13.8. The van der Waals surface area contributed by atoms with Gasteiger partial charge < -0.3 is 20.9 Å². The lowest BCUT2D eigenvalue weighted by Crippen LogP contribution is -2.08. The van der Waals surface area contributed by atoms with Gasteiger partial charge in [0.2, 0.25) is 0 Å². The molecule has 2 rings (SSSR count). The summed E-state index contributed by atoms with van der Waals surface area (Å²) in [7, 11) is 1.57. The average Bonchev–Trinajstić information content (AvgIpc) is 2.43. The lowest BCUT2D eigenvalue weighted by molar-refractivity contribution is 0.0467. The summed E-state index contributed by atoms with van der Waals surface area (Å²) in [5, 5.41) is 0. The van der Waals surface area contributed by atoms with Gasteiger partial charge in [0.15, 0.2) is 0 Å². The van der Waals surface area contributed by atoms with E-state index in [1.807, 2.05) is 6.92 Å². The van der Waals surface area contributed by atoms with Crippen molar-refractivity contribution in [2.24, 2.45) is 0 Å². The van der Waals surface area contributed by atoms with Crippen molar-refractivity contribution in [3.8, 4) is 5.75 Å². The molecule has 0 spiro atoms. The fraction of sp³-hybridized carbons (Fsp3) is 0.200. The molecule has 0 aliphatic carbocycles. The Bertz CT molecular complexity index is 651. The van der Waals surface area contributed by atoms with Crippen LogP contribution in [0.3, 0.4) is 0 Å². The third kappa shape index (κ3) is 3.85. The van der Waals surface area contributed by atoms with Crippen molar-refractivity contribution >= 4 is 17.3 Å². The smallest absolute Gasteiger partial charge is 0.338 e. The summed E-state index contributed by atoms with van der Waals surface area (Å²) in [6.45, 7) is 1.89. The van der Waals surface area contributed by atoms with Gasteiger partial charge in [-0.05, 0) is 25.1 Å². The molecule has 0 fully saturated rings. The van der Waals surface area contributed by atoms with Crippen molar-refractivity contribution in [3.63, 3.8) is 0 Å². The zero-order valence-electron chi connectivity index (χ0n) is 11.9. The highest BCUT2D eigenvalue weighted by Gasteiger charge is 2.10. The number of anilines is 2. The predicted octanol–water partition coefficient (Wildman–Crippen LogP) is 1.92. The summed E-state index contributed by atoms with van der Waals surface area (Å²) in [5.74, 6) is 0.165. The fourth-order valence-electron chi connectivity index (χ4n) is 1.91. The maximum atomic E-state index is 12.0. The Morgan fingerprint density at radius 1 is 1.14 bits per heavy atom. The van der Waals surface area contributed by atoms with E-state index in [4.69, 9.17) is 20.9 Å². The average molecular weight is 287 g/mol. The first kappa shape index (κ1) is 14.6. The Kier molecular flexibility index (Phi) is 4.27. The van der Waals surface area contributed by atoms with Gasteiger partial charge in [-0.25, -0.2) is 4.79 Å². The van der Waals surface area contributed by atoms with Crippen LogP contribution in [0.2, 0.25) is 0 Å². The summed E-state index contributed by atoms with van der Waals surface area (Å²) in [6, 6.07) is 8.12. The van der Waals surface area contributed by atoms with Crippen LogP contribution in [0.4, 0.5) is 11.4 Å². The maximum Gasteiger partial charge on any atom is 0.338 e. The SMILES string of the molecule is COc1cc(C)nc(COC(=O)c2cc(N)cc(N)c2)c1. The van der Waals surface area contributed by atoms with Crippen molar-refractivity contribution in [2.45, 2.75) is 13.5 Å². The molecule has 6 nitrogen and oxygen atoms in total. The van der Waals surface area contributed by atoms with Gasteiger partial charge in [0.25, 0.3) is 0 Å². The number of carbonyl (C=O) groups excluding carboxylic acids is 1. The van der Waals surface area contributed by atoms with E-state index >= 15 is 0 Å². The second-order valence-corrected chi connectivity index (χ2v) is 4.60. The minimum Gasteiger partial charge on any atom is -0.497 e. The molecule has 0 bridgehead atoms. The van der Waals surface area contributed by atoms with Gasteiger partial charge in [-0.15, -0.1) is 0 Å². The number of pyridine rings is 1. The number of esters is 1. The number of nitrogens with zero attached hydrogens (tertiary/aromatic N) is 1. The molecule has 1 aromatic carbocycles. The topological polar surface area (TPSA) is 100 Å². The van der Waals surface area contributed by atoms with Gasteiger partial charge in [-0.3, -0.25) is 4.98 Å². The second-order valence-electron chi connectivity index (χ2n) is 4.60. The number of benzene rings is 1. The molecule has 110 valence electrons. The highest BCUT2D eigenvalue weighted by Crippen LogP contribution is 2.17. The summed E-state index contributed by atoms with van der Waals surface area (Å²) in [6.07, 6.45) is 0. The van der Waals surface area contributed by atoms with Crippen LogP contribution < -0.4 is 16.2 Å². The molecular weight excluding hydrogens is 270 g/mol. The van der Waals surface area contributed by atoms with Gasteiger partial charge in [0.1, 0.15) is 12.4 Å². The van der Waals surface area contributed by atoms with Crippen LogP contribution in [0.5, 0.6) is 5.75 Å². The highest BCUT2D eigenvalue weighted by molar-refractivity contribution is 5.91. The summed E-state index contributed by atoms with van der Waals surface area (Å²) < 4.78 is 10.4. The van der Waals surface area contributed by atoms with Gasteiger partial charge >= 0.3 is 5.97 Å². The third-order valence-corrected chi connectivity index (χ3v) is 2.78. The molecule has 6 heteroatoms. The van der Waals surface area contributed by atoms with E-state index in [0.29, 0.717) is 28.4 Å². The van der Waals surface area contributed by atoms with Crippen molar-refractivity contribution in [3.05, 3.63) is 47.3 Å². The van der Waals surface area contributed by atoms with E-state index in [0.717, 1.165) is 5.69 Å². The monoisotopic (exact) mass is 287 g/mol. The highest BCUT2D eigenvalue weighted by atomic mass is 16.5. The largest absolute Gasteiger partial charge is 0.497 e. The van der Waals surface area contributed by atoms with Crippen molar-refractivity contribution in [1.29, 1.82) is 0 Å². The maximum absolute atomic E-state index is 12.0. The van der Waals surface area contributed by atoms with Crippen LogP contribution in [0.25, 0.3) is 0 Å². The number of nitrogen functional groups attached to an aromatic ring is 2. The Morgan fingerprint density at radius 3 is 2.43 bits per heavy atom. The number of aryl methyl sites for hydroxylation is 1. The van der Waals surface area contributed by atoms with Crippen LogP contribution in [-0.4, -0.2) is 18.1 Å². The molecule has 1 heterocycles. The quantitative estimate of drug-likeness (QED) is 0.658. The first-order valence-electron chi connectivity index (χ1n) is 6.32. The second kappa shape index (κ2) is 6.13.